The smallest absolute Gasteiger partial charge is 0.0377 e. The van der Waals surface area contributed by atoms with E-state index in [9.17, 15) is 0 Å². The molecule has 2 aromatic heterocycles. The van der Waals surface area contributed by atoms with Gasteiger partial charge in [0.15, 0.2) is 0 Å². The minimum absolute atomic E-state index is 0.834. The van der Waals surface area contributed by atoms with Crippen LogP contribution in [0.1, 0.15) is 10.4 Å². The monoisotopic (exact) mass is 282 g/mol. The van der Waals surface area contributed by atoms with Gasteiger partial charge in [0, 0.05) is 32.8 Å². The number of anilines is 1. The molecular formula is C11H11BrN2S. The van der Waals surface area contributed by atoms with Crippen molar-refractivity contribution in [2.45, 2.75) is 12.8 Å². The Morgan fingerprint density at radius 3 is 2.93 bits per heavy atom. The summed E-state index contributed by atoms with van der Waals surface area (Å²) < 4.78 is 1.15. The van der Waals surface area contributed by atoms with Gasteiger partial charge in [0.1, 0.15) is 0 Å². The Balaban J connectivity index is 2.02. The van der Waals surface area contributed by atoms with Crippen LogP contribution in [0.15, 0.2) is 34.4 Å². The maximum atomic E-state index is 5.84. The van der Waals surface area contributed by atoms with Crippen molar-refractivity contribution >= 4 is 33.0 Å². The molecule has 0 saturated heterocycles. The third-order valence-electron chi connectivity index (χ3n) is 2.20. The Morgan fingerprint density at radius 2 is 2.27 bits per heavy atom. The first-order valence-electron chi connectivity index (χ1n) is 4.67. The minimum Gasteiger partial charge on any atom is -0.398 e. The number of hydrogen-bond donors (Lipinski definition) is 1. The zero-order chi connectivity index (χ0) is 10.7. The number of hydrogen-bond acceptors (Lipinski definition) is 3. The summed E-state index contributed by atoms with van der Waals surface area (Å²) in [6.07, 6.45) is 5.54. The molecule has 0 bridgehead atoms. The molecule has 0 aliphatic carbocycles. The van der Waals surface area contributed by atoms with Crippen LogP contribution in [-0.2, 0) is 12.8 Å². The van der Waals surface area contributed by atoms with Crippen LogP contribution >= 0.6 is 27.3 Å². The number of halogens is 1. The van der Waals surface area contributed by atoms with E-state index in [-0.39, 0.29) is 0 Å². The highest BCUT2D eigenvalue weighted by Crippen LogP contribution is 2.22. The summed E-state index contributed by atoms with van der Waals surface area (Å²) in [6.45, 7) is 0. The van der Waals surface area contributed by atoms with Crippen molar-refractivity contribution in [2.75, 3.05) is 5.73 Å². The molecule has 0 aromatic carbocycles. The summed E-state index contributed by atoms with van der Waals surface area (Å²) in [7, 11) is 0. The fourth-order valence-corrected chi connectivity index (χ4v) is 2.84. The largest absolute Gasteiger partial charge is 0.398 e. The normalized spacial score (nSPS) is 10.5. The SMILES string of the molecule is Nc1ccncc1CCc1cc(Br)cs1. The lowest BCUT2D eigenvalue weighted by atomic mass is 10.1. The van der Waals surface area contributed by atoms with Crippen molar-refractivity contribution in [3.63, 3.8) is 0 Å². The quantitative estimate of drug-likeness (QED) is 0.939. The van der Waals surface area contributed by atoms with Gasteiger partial charge in [-0.2, -0.15) is 0 Å². The van der Waals surface area contributed by atoms with E-state index in [1.54, 1.807) is 17.5 Å². The predicted octanol–water partition coefficient (Wildman–Crippen LogP) is 3.27. The maximum Gasteiger partial charge on any atom is 0.0377 e. The van der Waals surface area contributed by atoms with E-state index in [1.165, 1.54) is 4.88 Å². The van der Waals surface area contributed by atoms with E-state index in [2.05, 4.69) is 32.4 Å². The van der Waals surface area contributed by atoms with Crippen LogP contribution in [-0.4, -0.2) is 4.98 Å². The van der Waals surface area contributed by atoms with E-state index in [4.69, 9.17) is 5.73 Å². The van der Waals surface area contributed by atoms with Crippen molar-refractivity contribution in [3.05, 3.63) is 44.8 Å². The van der Waals surface area contributed by atoms with Gasteiger partial charge in [-0.25, -0.2) is 0 Å². The molecule has 2 aromatic rings. The molecule has 0 spiro atoms. The second kappa shape index (κ2) is 4.77. The highest BCUT2D eigenvalue weighted by Gasteiger charge is 2.01. The van der Waals surface area contributed by atoms with Crippen LogP contribution in [0.4, 0.5) is 5.69 Å². The average Bonchev–Trinajstić information content (AvgIpc) is 2.63. The zero-order valence-corrected chi connectivity index (χ0v) is 10.5. The standard InChI is InChI=1S/C11H11BrN2S/c12-9-5-10(15-7-9)2-1-8-6-14-4-3-11(8)13/h3-7H,1-2H2,(H2,13,14). The highest BCUT2D eigenvalue weighted by molar-refractivity contribution is 9.10. The third kappa shape index (κ3) is 2.79. The second-order valence-corrected chi connectivity index (χ2v) is 5.22. The molecule has 2 heterocycles. The van der Waals surface area contributed by atoms with Crippen molar-refractivity contribution in [2.24, 2.45) is 0 Å². The molecule has 0 amide bonds. The lowest BCUT2D eigenvalue weighted by Gasteiger charge is -2.02. The number of thiophene rings is 1. The predicted molar refractivity (Wildman–Crippen MR) is 68.1 cm³/mol. The van der Waals surface area contributed by atoms with E-state index >= 15 is 0 Å². The Morgan fingerprint density at radius 1 is 1.40 bits per heavy atom. The Hall–Kier alpha value is -0.870. The van der Waals surface area contributed by atoms with Gasteiger partial charge >= 0.3 is 0 Å². The molecule has 78 valence electrons. The molecule has 2 rings (SSSR count). The van der Waals surface area contributed by atoms with E-state index in [0.29, 0.717) is 0 Å². The number of nitrogens with two attached hydrogens (primary N) is 1. The van der Waals surface area contributed by atoms with E-state index < -0.39 is 0 Å². The van der Waals surface area contributed by atoms with Crippen LogP contribution in [0.5, 0.6) is 0 Å². The van der Waals surface area contributed by atoms with Gasteiger partial charge in [-0.3, -0.25) is 4.98 Å². The summed E-state index contributed by atoms with van der Waals surface area (Å²) >= 11 is 5.21. The Labute approximate surface area is 101 Å². The second-order valence-electron chi connectivity index (χ2n) is 3.31. The number of aryl methyl sites for hydroxylation is 2. The fourth-order valence-electron chi connectivity index (χ4n) is 1.39. The zero-order valence-electron chi connectivity index (χ0n) is 8.11. The summed E-state index contributed by atoms with van der Waals surface area (Å²) in [6, 6.07) is 4.00. The lowest BCUT2D eigenvalue weighted by molar-refractivity contribution is 0.972. The summed E-state index contributed by atoms with van der Waals surface area (Å²) in [5.41, 5.74) is 7.80. The molecule has 0 saturated carbocycles. The fraction of sp³-hybridized carbons (Fsp3) is 0.182. The van der Waals surface area contributed by atoms with Crippen molar-refractivity contribution < 1.29 is 0 Å². The van der Waals surface area contributed by atoms with Gasteiger partial charge in [-0.15, -0.1) is 11.3 Å². The molecule has 0 atom stereocenters. The van der Waals surface area contributed by atoms with Crippen LogP contribution < -0.4 is 5.73 Å². The van der Waals surface area contributed by atoms with Crippen molar-refractivity contribution in [1.29, 1.82) is 0 Å². The summed E-state index contributed by atoms with van der Waals surface area (Å²) in [4.78, 5) is 5.44. The number of pyridine rings is 1. The molecule has 0 radical (unpaired) electrons. The van der Waals surface area contributed by atoms with E-state index in [0.717, 1.165) is 28.6 Å². The van der Waals surface area contributed by atoms with Crippen LogP contribution in [0.25, 0.3) is 0 Å². The van der Waals surface area contributed by atoms with Gasteiger partial charge in [-0.1, -0.05) is 0 Å². The summed E-state index contributed by atoms with van der Waals surface area (Å²) in [5.74, 6) is 0. The van der Waals surface area contributed by atoms with Crippen LogP contribution in [0.2, 0.25) is 0 Å². The number of aromatic nitrogens is 1. The highest BCUT2D eigenvalue weighted by atomic mass is 79.9. The number of nitrogen functional groups attached to an aromatic ring is 1. The molecule has 0 aliphatic rings. The van der Waals surface area contributed by atoms with Crippen LogP contribution in [0.3, 0.4) is 0 Å². The molecule has 4 heteroatoms. The first-order chi connectivity index (χ1) is 7.25. The Bertz CT molecular complexity index is 453. The first kappa shape index (κ1) is 10.6. The molecule has 0 aliphatic heterocycles. The average molecular weight is 283 g/mol. The van der Waals surface area contributed by atoms with Gasteiger partial charge in [0.25, 0.3) is 0 Å². The van der Waals surface area contributed by atoms with Crippen molar-refractivity contribution in [3.8, 4) is 0 Å². The van der Waals surface area contributed by atoms with Crippen molar-refractivity contribution in [1.82, 2.24) is 4.98 Å². The molecule has 2 nitrogen and oxygen atoms in total. The molecule has 2 N–H and O–H groups in total. The molecular weight excluding hydrogens is 272 g/mol. The van der Waals surface area contributed by atoms with Crippen LogP contribution in [0, 0.1) is 0 Å². The van der Waals surface area contributed by atoms with E-state index in [1.807, 2.05) is 12.3 Å². The maximum absolute atomic E-state index is 5.84. The first-order valence-corrected chi connectivity index (χ1v) is 6.34. The lowest BCUT2D eigenvalue weighted by Crippen LogP contribution is -1.96. The van der Waals surface area contributed by atoms with Gasteiger partial charge < -0.3 is 5.73 Å². The molecule has 15 heavy (non-hydrogen) atoms. The number of rotatable bonds is 3. The summed E-state index contributed by atoms with van der Waals surface area (Å²) in [5, 5.41) is 2.10. The Kier molecular flexibility index (Phi) is 3.38. The van der Waals surface area contributed by atoms with Gasteiger partial charge in [-0.05, 0) is 46.5 Å². The third-order valence-corrected chi connectivity index (χ3v) is 3.96. The topological polar surface area (TPSA) is 38.9 Å². The molecule has 0 fully saturated rings. The molecule has 0 unspecified atom stereocenters. The van der Waals surface area contributed by atoms with Gasteiger partial charge in [0.05, 0.1) is 0 Å². The van der Waals surface area contributed by atoms with Gasteiger partial charge in [0.2, 0.25) is 0 Å². The minimum atomic E-state index is 0.834. The number of nitrogens with zero attached hydrogens (tertiary/aromatic N) is 1.